The molecule has 1 rings (SSSR count). The summed E-state index contributed by atoms with van der Waals surface area (Å²) in [7, 11) is 0. The normalized spacial score (nSPS) is 12.6. The third kappa shape index (κ3) is 7.92. The standard InChI is InChI=1S/C15H26N4O3S/c1-6-7-8-9-11-18-19-13(23-11)17-12(20)10(2)16-14(21)22-15(3,4)5/h10H,6-9H2,1-5H3,(H,16,21)(H,17,19,20)/t10-/m1/s1. The number of nitrogens with one attached hydrogen (secondary N) is 2. The van der Waals surface area contributed by atoms with Crippen LogP contribution in [0.4, 0.5) is 9.93 Å². The zero-order valence-electron chi connectivity index (χ0n) is 14.4. The van der Waals surface area contributed by atoms with Crippen molar-refractivity contribution in [3.05, 3.63) is 5.01 Å². The van der Waals surface area contributed by atoms with Crippen LogP contribution in [0.1, 0.15) is 58.9 Å². The number of amides is 2. The molecule has 130 valence electrons. The van der Waals surface area contributed by atoms with Crippen molar-refractivity contribution in [2.75, 3.05) is 5.32 Å². The Bertz CT molecular complexity index is 525. The molecule has 1 heterocycles. The highest BCUT2D eigenvalue weighted by atomic mass is 32.1. The second-order valence-corrected chi connectivity index (χ2v) is 7.38. The second kappa shape index (κ2) is 8.81. The van der Waals surface area contributed by atoms with Crippen molar-refractivity contribution in [3.8, 4) is 0 Å². The Kier molecular flexibility index (Phi) is 7.41. The van der Waals surface area contributed by atoms with Crippen molar-refractivity contribution in [3.63, 3.8) is 0 Å². The summed E-state index contributed by atoms with van der Waals surface area (Å²) in [5, 5.41) is 14.5. The van der Waals surface area contributed by atoms with Crippen LogP contribution in [0.3, 0.4) is 0 Å². The minimum Gasteiger partial charge on any atom is -0.444 e. The quantitative estimate of drug-likeness (QED) is 0.743. The number of hydrogen-bond acceptors (Lipinski definition) is 6. The number of hydrogen-bond donors (Lipinski definition) is 2. The molecule has 0 spiro atoms. The second-order valence-electron chi connectivity index (χ2n) is 6.32. The van der Waals surface area contributed by atoms with Crippen LogP contribution in [-0.4, -0.2) is 33.8 Å². The van der Waals surface area contributed by atoms with Crippen molar-refractivity contribution < 1.29 is 14.3 Å². The summed E-state index contributed by atoms with van der Waals surface area (Å²) in [4.78, 5) is 23.7. The van der Waals surface area contributed by atoms with Crippen molar-refractivity contribution >= 4 is 28.5 Å². The fraction of sp³-hybridized carbons (Fsp3) is 0.733. The number of aryl methyl sites for hydroxylation is 1. The van der Waals surface area contributed by atoms with Gasteiger partial charge in [0.2, 0.25) is 11.0 Å². The molecule has 7 nitrogen and oxygen atoms in total. The predicted octanol–water partition coefficient (Wildman–Crippen LogP) is 3.12. The van der Waals surface area contributed by atoms with E-state index in [4.69, 9.17) is 4.74 Å². The van der Waals surface area contributed by atoms with E-state index in [0.717, 1.165) is 30.7 Å². The number of aromatic nitrogens is 2. The van der Waals surface area contributed by atoms with Gasteiger partial charge in [-0.1, -0.05) is 31.1 Å². The lowest BCUT2D eigenvalue weighted by Gasteiger charge is -2.21. The van der Waals surface area contributed by atoms with E-state index in [0.29, 0.717) is 5.13 Å². The molecule has 0 unspecified atom stereocenters. The van der Waals surface area contributed by atoms with E-state index in [2.05, 4.69) is 27.8 Å². The largest absolute Gasteiger partial charge is 0.444 e. The van der Waals surface area contributed by atoms with E-state index in [-0.39, 0.29) is 5.91 Å². The van der Waals surface area contributed by atoms with Gasteiger partial charge in [0, 0.05) is 6.42 Å². The lowest BCUT2D eigenvalue weighted by Crippen LogP contribution is -2.43. The van der Waals surface area contributed by atoms with Gasteiger partial charge < -0.3 is 10.1 Å². The summed E-state index contributed by atoms with van der Waals surface area (Å²) < 4.78 is 5.11. The molecule has 8 heteroatoms. The van der Waals surface area contributed by atoms with Gasteiger partial charge in [0.25, 0.3) is 0 Å². The zero-order chi connectivity index (χ0) is 17.5. The summed E-state index contributed by atoms with van der Waals surface area (Å²) in [6.07, 6.45) is 3.61. The summed E-state index contributed by atoms with van der Waals surface area (Å²) in [6.45, 7) is 9.02. The Morgan fingerprint density at radius 1 is 1.26 bits per heavy atom. The smallest absolute Gasteiger partial charge is 0.408 e. The summed E-state index contributed by atoms with van der Waals surface area (Å²) in [6, 6.07) is -0.725. The third-order valence-corrected chi connectivity index (χ3v) is 3.72. The first kappa shape index (κ1) is 19.3. The SMILES string of the molecule is CCCCCc1nnc(NC(=O)[C@@H](C)NC(=O)OC(C)(C)C)s1. The van der Waals surface area contributed by atoms with Crippen LogP contribution in [0.5, 0.6) is 0 Å². The Labute approximate surface area is 141 Å². The van der Waals surface area contributed by atoms with E-state index in [9.17, 15) is 9.59 Å². The van der Waals surface area contributed by atoms with Crippen LogP contribution < -0.4 is 10.6 Å². The fourth-order valence-corrected chi connectivity index (χ4v) is 2.48. The topological polar surface area (TPSA) is 93.2 Å². The van der Waals surface area contributed by atoms with Gasteiger partial charge in [-0.15, -0.1) is 10.2 Å². The minimum atomic E-state index is -0.725. The molecule has 1 atom stereocenters. The number of rotatable bonds is 7. The van der Waals surface area contributed by atoms with Crippen LogP contribution in [0.15, 0.2) is 0 Å². The van der Waals surface area contributed by atoms with Crippen LogP contribution >= 0.6 is 11.3 Å². The Morgan fingerprint density at radius 3 is 2.57 bits per heavy atom. The van der Waals surface area contributed by atoms with Gasteiger partial charge in [-0.25, -0.2) is 4.79 Å². The highest BCUT2D eigenvalue weighted by Crippen LogP contribution is 2.17. The van der Waals surface area contributed by atoms with E-state index in [1.165, 1.54) is 11.3 Å². The number of ether oxygens (including phenoxy) is 1. The maximum Gasteiger partial charge on any atom is 0.408 e. The van der Waals surface area contributed by atoms with E-state index in [1.807, 2.05) is 0 Å². The molecule has 23 heavy (non-hydrogen) atoms. The molecule has 1 aromatic rings. The molecule has 0 bridgehead atoms. The van der Waals surface area contributed by atoms with Gasteiger partial charge in [-0.3, -0.25) is 10.1 Å². The number of alkyl carbamates (subject to hydrolysis) is 1. The lowest BCUT2D eigenvalue weighted by atomic mass is 10.2. The summed E-state index contributed by atoms with van der Waals surface area (Å²) in [5.74, 6) is -0.355. The first-order valence-electron chi connectivity index (χ1n) is 7.84. The van der Waals surface area contributed by atoms with Gasteiger partial charge >= 0.3 is 6.09 Å². The number of carbonyl (C=O) groups is 2. The minimum absolute atomic E-state index is 0.355. The molecule has 0 aliphatic heterocycles. The number of nitrogens with zero attached hydrogens (tertiary/aromatic N) is 2. The van der Waals surface area contributed by atoms with Gasteiger partial charge in [-0.2, -0.15) is 0 Å². The van der Waals surface area contributed by atoms with E-state index < -0.39 is 17.7 Å². The Hall–Kier alpha value is -1.70. The van der Waals surface area contributed by atoms with E-state index in [1.54, 1.807) is 27.7 Å². The monoisotopic (exact) mass is 342 g/mol. The van der Waals surface area contributed by atoms with Gasteiger partial charge in [-0.05, 0) is 34.1 Å². The van der Waals surface area contributed by atoms with Crippen LogP contribution in [-0.2, 0) is 16.0 Å². The van der Waals surface area contributed by atoms with Crippen molar-refractivity contribution in [1.29, 1.82) is 0 Å². The van der Waals surface area contributed by atoms with Crippen molar-refractivity contribution in [2.24, 2.45) is 0 Å². The van der Waals surface area contributed by atoms with Gasteiger partial charge in [0.1, 0.15) is 16.7 Å². The Morgan fingerprint density at radius 2 is 1.96 bits per heavy atom. The number of anilines is 1. The van der Waals surface area contributed by atoms with Crippen LogP contribution in [0, 0.1) is 0 Å². The summed E-state index contributed by atoms with van der Waals surface area (Å²) >= 11 is 1.36. The maximum absolute atomic E-state index is 12.0. The molecule has 0 saturated heterocycles. The molecule has 2 N–H and O–H groups in total. The molecule has 1 aromatic heterocycles. The molecule has 0 aliphatic carbocycles. The van der Waals surface area contributed by atoms with Crippen molar-refractivity contribution in [2.45, 2.75) is 71.9 Å². The molecule has 0 saturated carbocycles. The third-order valence-electron chi connectivity index (χ3n) is 2.82. The van der Waals surface area contributed by atoms with E-state index >= 15 is 0 Å². The highest BCUT2D eigenvalue weighted by Gasteiger charge is 2.21. The first-order chi connectivity index (χ1) is 10.7. The first-order valence-corrected chi connectivity index (χ1v) is 8.65. The Balaban J connectivity index is 2.44. The number of carbonyl (C=O) groups excluding carboxylic acids is 2. The number of unbranched alkanes of at least 4 members (excludes halogenated alkanes) is 2. The summed E-state index contributed by atoms with van der Waals surface area (Å²) in [5.41, 5.74) is -0.604. The molecule has 0 fully saturated rings. The molecule has 0 radical (unpaired) electrons. The predicted molar refractivity (Wildman–Crippen MR) is 90.6 cm³/mol. The molecule has 2 amide bonds. The highest BCUT2D eigenvalue weighted by molar-refractivity contribution is 7.15. The lowest BCUT2D eigenvalue weighted by molar-refractivity contribution is -0.117. The molecular formula is C15H26N4O3S. The fourth-order valence-electron chi connectivity index (χ4n) is 1.69. The average molecular weight is 342 g/mol. The molecular weight excluding hydrogens is 316 g/mol. The molecule has 0 aliphatic rings. The van der Waals surface area contributed by atoms with Gasteiger partial charge in [0.15, 0.2) is 0 Å². The van der Waals surface area contributed by atoms with Crippen LogP contribution in [0.2, 0.25) is 0 Å². The average Bonchev–Trinajstić information content (AvgIpc) is 2.84. The van der Waals surface area contributed by atoms with Crippen LogP contribution in [0.25, 0.3) is 0 Å². The maximum atomic E-state index is 12.0. The van der Waals surface area contributed by atoms with Crippen molar-refractivity contribution in [1.82, 2.24) is 15.5 Å². The zero-order valence-corrected chi connectivity index (χ0v) is 15.2. The van der Waals surface area contributed by atoms with Gasteiger partial charge in [0.05, 0.1) is 0 Å². The molecule has 0 aromatic carbocycles.